The molecule has 0 unspecified atom stereocenters. The lowest BCUT2D eigenvalue weighted by molar-refractivity contribution is -0.127. The minimum atomic E-state index is -0.916. The number of nitrogens with one attached hydrogen (secondary N) is 1. The lowest BCUT2D eigenvalue weighted by atomic mass is 9.77. The Balaban J connectivity index is 1.26. The van der Waals surface area contributed by atoms with E-state index < -0.39 is 11.8 Å². The number of nitrogens with zero attached hydrogens (tertiary/aromatic N) is 4. The molecule has 0 aliphatic carbocycles. The monoisotopic (exact) mass is 667 g/mol. The van der Waals surface area contributed by atoms with Crippen LogP contribution in [0.5, 0.6) is 0 Å². The molecule has 2 aromatic carbocycles. The molecule has 0 radical (unpaired) electrons. The molecular weight excluding hydrogens is 625 g/mol. The van der Waals surface area contributed by atoms with Crippen LogP contribution in [0.25, 0.3) is 11.3 Å². The van der Waals surface area contributed by atoms with Crippen molar-refractivity contribution in [3.8, 4) is 11.3 Å². The van der Waals surface area contributed by atoms with Gasteiger partial charge in [-0.15, -0.1) is 0 Å². The van der Waals surface area contributed by atoms with Crippen LogP contribution >= 0.6 is 23.2 Å². The van der Waals surface area contributed by atoms with E-state index in [0.29, 0.717) is 41.3 Å². The number of hydrogen-bond donors (Lipinski definition) is 1. The van der Waals surface area contributed by atoms with Crippen molar-refractivity contribution >= 4 is 35.6 Å². The van der Waals surface area contributed by atoms with Crippen molar-refractivity contribution in [2.45, 2.75) is 63.3 Å². The average Bonchev–Trinajstić information content (AvgIpc) is 3.47. The lowest BCUT2D eigenvalue weighted by Gasteiger charge is -2.56. The number of likely N-dealkylation sites (tertiary alicyclic amines) is 3. The highest BCUT2D eigenvalue weighted by molar-refractivity contribution is 6.42. The predicted molar refractivity (Wildman–Crippen MR) is 180 cm³/mol. The Labute approximate surface area is 280 Å². The molecule has 1 N–H and O–H groups in total. The molecule has 1 aromatic heterocycles. The summed E-state index contributed by atoms with van der Waals surface area (Å²) in [5.41, 5.74) is 1.29. The summed E-state index contributed by atoms with van der Waals surface area (Å²) in [7, 11) is 2.19. The summed E-state index contributed by atoms with van der Waals surface area (Å²) in [5, 5.41) is 0.827. The molecule has 9 nitrogen and oxygen atoms in total. The second kappa shape index (κ2) is 14.3. The first-order valence-corrected chi connectivity index (χ1v) is 17.1. The molecule has 3 aliphatic heterocycles. The molecule has 3 aromatic rings. The number of benzene rings is 2. The zero-order valence-electron chi connectivity index (χ0n) is 26.4. The first-order valence-electron chi connectivity index (χ1n) is 16.4. The summed E-state index contributed by atoms with van der Waals surface area (Å²) < 4.78 is 7.63. The number of aromatic nitrogens is 2. The number of ether oxygens (including phenoxy) is 1. The zero-order valence-corrected chi connectivity index (χ0v) is 27.9. The highest BCUT2D eigenvalue weighted by Crippen LogP contribution is 2.43. The Kier molecular flexibility index (Phi) is 10.2. The van der Waals surface area contributed by atoms with Gasteiger partial charge in [0.15, 0.2) is 0 Å². The molecule has 0 spiro atoms. The van der Waals surface area contributed by atoms with Crippen LogP contribution in [0.4, 0.5) is 4.79 Å². The van der Waals surface area contributed by atoms with E-state index >= 15 is 0 Å². The van der Waals surface area contributed by atoms with Crippen LogP contribution in [0.2, 0.25) is 10.0 Å². The van der Waals surface area contributed by atoms with Crippen molar-refractivity contribution < 1.29 is 14.3 Å². The molecule has 11 heteroatoms. The Morgan fingerprint density at radius 3 is 2.33 bits per heavy atom. The summed E-state index contributed by atoms with van der Waals surface area (Å²) in [6.07, 6.45) is 7.93. The molecule has 246 valence electrons. The number of carbonyl (C=O) groups is 2. The van der Waals surface area contributed by atoms with Gasteiger partial charge in [0.05, 0.1) is 15.7 Å². The van der Waals surface area contributed by atoms with Crippen LogP contribution in [-0.4, -0.2) is 82.1 Å². The molecule has 3 aliphatic rings. The Morgan fingerprint density at radius 2 is 1.65 bits per heavy atom. The van der Waals surface area contributed by atoms with Gasteiger partial charge in [0.1, 0.15) is 18.6 Å². The SMILES string of the molecule is CN1CCC(C2CCN([C@]3(CC=O)C[C@H](n4cc(-c5ccccc5)[nH]c4=O)CCN3C(=O)OCc3ccc(Cl)c(Cl)c3)CC2)CC1. The Hall–Kier alpha value is -3.11. The normalized spacial score (nSPS) is 23.8. The van der Waals surface area contributed by atoms with Crippen molar-refractivity contribution in [3.05, 3.63) is 80.8 Å². The second-order valence-corrected chi connectivity index (χ2v) is 14.0. The highest BCUT2D eigenvalue weighted by Gasteiger charge is 2.51. The van der Waals surface area contributed by atoms with E-state index in [-0.39, 0.29) is 24.8 Å². The first-order chi connectivity index (χ1) is 22.3. The van der Waals surface area contributed by atoms with E-state index in [1.165, 1.54) is 12.8 Å². The van der Waals surface area contributed by atoms with Gasteiger partial charge in [0, 0.05) is 44.7 Å². The highest BCUT2D eigenvalue weighted by atomic mass is 35.5. The summed E-state index contributed by atoms with van der Waals surface area (Å²) in [4.78, 5) is 49.2. The first kappa shape index (κ1) is 32.8. The van der Waals surface area contributed by atoms with Crippen LogP contribution < -0.4 is 5.69 Å². The smallest absolute Gasteiger partial charge is 0.411 e. The maximum Gasteiger partial charge on any atom is 0.411 e. The number of carbonyl (C=O) groups excluding carboxylic acids is 2. The fourth-order valence-electron chi connectivity index (χ4n) is 7.92. The summed E-state index contributed by atoms with van der Waals surface area (Å²) in [6.45, 7) is 4.22. The maximum atomic E-state index is 13.9. The number of rotatable bonds is 8. The third-order valence-electron chi connectivity index (χ3n) is 10.5. The van der Waals surface area contributed by atoms with Crippen LogP contribution in [0, 0.1) is 11.8 Å². The van der Waals surface area contributed by atoms with Gasteiger partial charge in [-0.2, -0.15) is 0 Å². The molecule has 2 atom stereocenters. The number of H-pyrrole nitrogens is 1. The van der Waals surface area contributed by atoms with Gasteiger partial charge >= 0.3 is 11.8 Å². The fourth-order valence-corrected chi connectivity index (χ4v) is 8.24. The standard InChI is InChI=1S/C35H43Cl2N5O4/c1-39-15-9-26(10-16-39)27-11-17-40(18-12-27)35(14-20-43)22-29(41-23-32(38-33(41)44)28-5-3-2-4-6-28)13-19-42(35)34(45)46-24-25-7-8-30(36)31(37)21-25/h2-8,20-21,23,26-27,29H,9-19,22,24H2,1H3,(H,38,44)/t29-,35+/m1/s1. The van der Waals surface area contributed by atoms with Crippen molar-refractivity contribution in [2.24, 2.45) is 11.8 Å². The van der Waals surface area contributed by atoms with E-state index in [0.717, 1.165) is 62.1 Å². The van der Waals surface area contributed by atoms with Crippen molar-refractivity contribution in [1.82, 2.24) is 24.3 Å². The molecule has 0 bridgehead atoms. The third kappa shape index (κ3) is 6.93. The molecular formula is C35H43Cl2N5O4. The largest absolute Gasteiger partial charge is 0.444 e. The van der Waals surface area contributed by atoms with Crippen LogP contribution in [0.15, 0.2) is 59.5 Å². The number of aldehydes is 1. The van der Waals surface area contributed by atoms with E-state index in [1.807, 2.05) is 36.5 Å². The van der Waals surface area contributed by atoms with Crippen LogP contribution in [0.1, 0.15) is 56.6 Å². The maximum absolute atomic E-state index is 13.9. The minimum absolute atomic E-state index is 0.0305. The van der Waals surface area contributed by atoms with Gasteiger partial charge < -0.3 is 19.4 Å². The number of aromatic amines is 1. The molecule has 4 heterocycles. The minimum Gasteiger partial charge on any atom is -0.444 e. The van der Waals surface area contributed by atoms with E-state index in [2.05, 4.69) is 21.8 Å². The van der Waals surface area contributed by atoms with E-state index in [1.54, 1.807) is 27.7 Å². The molecule has 1 amide bonds. The van der Waals surface area contributed by atoms with Gasteiger partial charge in [-0.3, -0.25) is 14.4 Å². The van der Waals surface area contributed by atoms with Crippen molar-refractivity contribution in [3.63, 3.8) is 0 Å². The summed E-state index contributed by atoms with van der Waals surface area (Å²) in [5.74, 6) is 1.34. The molecule has 46 heavy (non-hydrogen) atoms. The van der Waals surface area contributed by atoms with Crippen LogP contribution in [-0.2, 0) is 16.1 Å². The number of amides is 1. The third-order valence-corrected chi connectivity index (χ3v) is 11.2. The van der Waals surface area contributed by atoms with Gasteiger partial charge in [-0.25, -0.2) is 9.59 Å². The summed E-state index contributed by atoms with van der Waals surface area (Å²) in [6, 6.07) is 14.7. The number of hydrogen-bond acceptors (Lipinski definition) is 6. The zero-order chi connectivity index (χ0) is 32.3. The van der Waals surface area contributed by atoms with Gasteiger partial charge in [-0.1, -0.05) is 59.6 Å². The van der Waals surface area contributed by atoms with E-state index in [9.17, 15) is 14.4 Å². The predicted octanol–water partition coefficient (Wildman–Crippen LogP) is 6.46. The van der Waals surface area contributed by atoms with Gasteiger partial charge in [0.25, 0.3) is 0 Å². The molecule has 3 fully saturated rings. The molecule has 3 saturated heterocycles. The fraction of sp³-hybridized carbons (Fsp3) is 0.514. The quantitative estimate of drug-likeness (QED) is 0.277. The Morgan fingerprint density at radius 1 is 0.957 bits per heavy atom. The Bertz CT molecular complexity index is 1560. The van der Waals surface area contributed by atoms with Gasteiger partial charge in [0.2, 0.25) is 0 Å². The van der Waals surface area contributed by atoms with E-state index in [4.69, 9.17) is 27.9 Å². The topological polar surface area (TPSA) is 90.9 Å². The number of imidazole rings is 1. The summed E-state index contributed by atoms with van der Waals surface area (Å²) >= 11 is 12.3. The molecule has 0 saturated carbocycles. The lowest BCUT2D eigenvalue weighted by Crippen LogP contribution is -2.67. The second-order valence-electron chi connectivity index (χ2n) is 13.2. The number of halogens is 2. The van der Waals surface area contributed by atoms with Crippen molar-refractivity contribution in [1.29, 1.82) is 0 Å². The number of piperidine rings is 3. The molecule has 6 rings (SSSR count). The van der Waals surface area contributed by atoms with Crippen molar-refractivity contribution in [2.75, 3.05) is 39.8 Å². The van der Waals surface area contributed by atoms with Gasteiger partial charge in [-0.05, 0) is 87.3 Å². The van der Waals surface area contributed by atoms with Crippen LogP contribution in [0.3, 0.4) is 0 Å². The average molecular weight is 669 g/mol.